The van der Waals surface area contributed by atoms with Gasteiger partial charge in [0.05, 0.1) is 12.7 Å². The van der Waals surface area contributed by atoms with Crippen molar-refractivity contribution < 1.29 is 14.6 Å². The highest BCUT2D eigenvalue weighted by Crippen LogP contribution is 2.01. The highest BCUT2D eigenvalue weighted by Gasteiger charge is 2.09. The van der Waals surface area contributed by atoms with Crippen LogP contribution in [0.25, 0.3) is 0 Å². The highest BCUT2D eigenvalue weighted by molar-refractivity contribution is 5.93. The number of hydrogen-bond donors (Lipinski definition) is 1. The first-order valence-corrected chi connectivity index (χ1v) is 5.04. The van der Waals surface area contributed by atoms with Crippen LogP contribution in [0.1, 0.15) is 25.7 Å². The Labute approximate surface area is 94.6 Å². The van der Waals surface area contributed by atoms with E-state index in [9.17, 15) is 4.79 Å². The molecule has 0 unspecified atom stereocenters. The van der Waals surface area contributed by atoms with Gasteiger partial charge in [-0.1, -0.05) is 6.42 Å². The molecule has 0 aliphatic carbocycles. The molecule has 0 saturated heterocycles. The minimum absolute atomic E-state index is 0.170. The molecular weight excluding hydrogens is 208 g/mol. The maximum absolute atomic E-state index is 11.1. The molecule has 16 heavy (non-hydrogen) atoms. The Balaban J connectivity index is 3.71. The van der Waals surface area contributed by atoms with Gasteiger partial charge >= 0.3 is 5.97 Å². The summed E-state index contributed by atoms with van der Waals surface area (Å²) in [5.74, 6) is -0.758. The number of rotatable bonds is 7. The molecule has 5 nitrogen and oxygen atoms in total. The largest absolute Gasteiger partial charge is 0.462 e. The Kier molecular flexibility index (Phi) is 8.57. The van der Waals surface area contributed by atoms with E-state index >= 15 is 0 Å². The third-order valence-corrected chi connectivity index (χ3v) is 1.83. The maximum atomic E-state index is 11.1. The molecule has 0 saturated carbocycles. The summed E-state index contributed by atoms with van der Waals surface area (Å²) in [5, 5.41) is 25.3. The molecule has 0 rings (SSSR count). The monoisotopic (exact) mass is 222 g/mol. The molecular formula is C11H14N2O3. The van der Waals surface area contributed by atoms with E-state index in [1.807, 2.05) is 0 Å². The second-order valence-corrected chi connectivity index (χ2v) is 3.07. The fourth-order valence-corrected chi connectivity index (χ4v) is 1.01. The summed E-state index contributed by atoms with van der Waals surface area (Å²) in [6.45, 7) is 0.401. The molecule has 0 aliphatic heterocycles. The summed E-state index contributed by atoms with van der Waals surface area (Å²) in [6.07, 6.45) is 4.04. The predicted molar refractivity (Wildman–Crippen MR) is 55.8 cm³/mol. The SMILES string of the molecule is N#C/C=C(/C#N)C(=O)OCCCCCCO. The lowest BCUT2D eigenvalue weighted by Crippen LogP contribution is -2.07. The first kappa shape index (κ1) is 14.2. The fourth-order valence-electron chi connectivity index (χ4n) is 1.01. The van der Waals surface area contributed by atoms with E-state index in [2.05, 4.69) is 0 Å². The number of nitriles is 2. The number of nitrogens with zero attached hydrogens (tertiary/aromatic N) is 2. The van der Waals surface area contributed by atoms with Crippen LogP contribution < -0.4 is 0 Å². The number of ether oxygens (including phenoxy) is 1. The van der Waals surface area contributed by atoms with Gasteiger partial charge in [0.1, 0.15) is 11.6 Å². The quantitative estimate of drug-likeness (QED) is 0.301. The number of unbranched alkanes of at least 4 members (excludes halogenated alkanes) is 3. The van der Waals surface area contributed by atoms with Crippen LogP contribution in [0.2, 0.25) is 0 Å². The minimum Gasteiger partial charge on any atom is -0.462 e. The van der Waals surface area contributed by atoms with Crippen molar-refractivity contribution in [1.29, 1.82) is 10.5 Å². The first-order chi connectivity index (χ1) is 7.76. The van der Waals surface area contributed by atoms with Crippen molar-refractivity contribution in [1.82, 2.24) is 0 Å². The zero-order valence-corrected chi connectivity index (χ0v) is 8.98. The van der Waals surface area contributed by atoms with Gasteiger partial charge in [0.15, 0.2) is 0 Å². The van der Waals surface area contributed by atoms with E-state index < -0.39 is 5.97 Å². The third kappa shape index (κ3) is 6.58. The van der Waals surface area contributed by atoms with Crippen molar-refractivity contribution in [2.45, 2.75) is 25.7 Å². The summed E-state index contributed by atoms with van der Waals surface area (Å²) in [5.41, 5.74) is -0.280. The lowest BCUT2D eigenvalue weighted by Gasteiger charge is -2.02. The molecule has 0 fully saturated rings. The maximum Gasteiger partial charge on any atom is 0.349 e. The fraction of sp³-hybridized carbons (Fsp3) is 0.545. The van der Waals surface area contributed by atoms with Gasteiger partial charge in [-0.05, 0) is 19.3 Å². The molecule has 0 aromatic rings. The van der Waals surface area contributed by atoms with Gasteiger partial charge in [0.25, 0.3) is 0 Å². The van der Waals surface area contributed by atoms with Crippen molar-refractivity contribution in [3.8, 4) is 12.1 Å². The minimum atomic E-state index is -0.758. The van der Waals surface area contributed by atoms with Crippen molar-refractivity contribution in [3.05, 3.63) is 11.6 Å². The number of esters is 1. The molecule has 0 heterocycles. The topological polar surface area (TPSA) is 94.1 Å². The molecule has 0 aromatic carbocycles. The van der Waals surface area contributed by atoms with Gasteiger partial charge in [-0.15, -0.1) is 0 Å². The van der Waals surface area contributed by atoms with Crippen molar-refractivity contribution >= 4 is 5.97 Å². The Morgan fingerprint density at radius 2 is 1.94 bits per heavy atom. The second-order valence-electron chi connectivity index (χ2n) is 3.07. The average Bonchev–Trinajstić information content (AvgIpc) is 2.30. The van der Waals surface area contributed by atoms with Crippen molar-refractivity contribution in [2.75, 3.05) is 13.2 Å². The van der Waals surface area contributed by atoms with Crippen LogP contribution in [0.5, 0.6) is 0 Å². The van der Waals surface area contributed by atoms with Crippen LogP contribution in [0.15, 0.2) is 11.6 Å². The van der Waals surface area contributed by atoms with E-state index in [-0.39, 0.29) is 18.8 Å². The first-order valence-electron chi connectivity index (χ1n) is 5.04. The highest BCUT2D eigenvalue weighted by atomic mass is 16.5. The van der Waals surface area contributed by atoms with Gasteiger partial charge in [-0.3, -0.25) is 0 Å². The smallest absolute Gasteiger partial charge is 0.349 e. The molecule has 5 heteroatoms. The van der Waals surface area contributed by atoms with E-state index in [0.29, 0.717) is 6.42 Å². The third-order valence-electron chi connectivity index (χ3n) is 1.83. The lowest BCUT2D eigenvalue weighted by molar-refractivity contribution is -0.138. The lowest BCUT2D eigenvalue weighted by atomic mass is 10.2. The molecule has 0 bridgehead atoms. The average molecular weight is 222 g/mol. The number of hydrogen-bond acceptors (Lipinski definition) is 5. The number of allylic oxidation sites excluding steroid dienone is 1. The Hall–Kier alpha value is -1.85. The summed E-state index contributed by atoms with van der Waals surface area (Å²) in [7, 11) is 0. The summed E-state index contributed by atoms with van der Waals surface area (Å²) < 4.78 is 4.78. The molecule has 0 amide bonds. The van der Waals surface area contributed by atoms with Gasteiger partial charge in [-0.2, -0.15) is 10.5 Å². The van der Waals surface area contributed by atoms with Crippen LogP contribution in [0.3, 0.4) is 0 Å². The van der Waals surface area contributed by atoms with Gasteiger partial charge in [0, 0.05) is 12.7 Å². The zero-order chi connectivity index (χ0) is 12.2. The predicted octanol–water partition coefficient (Wildman–Crippen LogP) is 1.06. The number of carbonyl (C=O) groups excluding carboxylic acids is 1. The normalized spacial score (nSPS) is 10.3. The Morgan fingerprint density at radius 1 is 1.25 bits per heavy atom. The van der Waals surface area contributed by atoms with Crippen LogP contribution in [0.4, 0.5) is 0 Å². The van der Waals surface area contributed by atoms with E-state index in [1.165, 1.54) is 0 Å². The molecule has 0 spiro atoms. The van der Waals surface area contributed by atoms with Crippen LogP contribution in [-0.4, -0.2) is 24.3 Å². The molecule has 0 aliphatic rings. The standard InChI is InChI=1S/C11H14N2O3/c12-6-5-10(9-13)11(15)16-8-4-2-1-3-7-14/h5,14H,1-4,7-8H2/b10-5-. The Bertz CT molecular complexity index is 323. The van der Waals surface area contributed by atoms with Crippen LogP contribution >= 0.6 is 0 Å². The summed E-state index contributed by atoms with van der Waals surface area (Å²) in [4.78, 5) is 11.1. The Morgan fingerprint density at radius 3 is 2.50 bits per heavy atom. The molecule has 86 valence electrons. The van der Waals surface area contributed by atoms with E-state index in [1.54, 1.807) is 12.1 Å². The molecule has 1 N–H and O–H groups in total. The number of aliphatic hydroxyl groups is 1. The van der Waals surface area contributed by atoms with Crippen molar-refractivity contribution in [2.24, 2.45) is 0 Å². The molecule has 0 aromatic heterocycles. The zero-order valence-electron chi connectivity index (χ0n) is 8.98. The van der Waals surface area contributed by atoms with Crippen LogP contribution in [0, 0.1) is 22.7 Å². The van der Waals surface area contributed by atoms with Gasteiger partial charge in [-0.25, -0.2) is 4.79 Å². The van der Waals surface area contributed by atoms with Gasteiger partial charge in [0.2, 0.25) is 0 Å². The molecule has 0 atom stereocenters. The summed E-state index contributed by atoms with van der Waals surface area (Å²) >= 11 is 0. The van der Waals surface area contributed by atoms with E-state index in [0.717, 1.165) is 25.3 Å². The summed E-state index contributed by atoms with van der Waals surface area (Å²) in [6, 6.07) is 3.20. The van der Waals surface area contributed by atoms with E-state index in [4.69, 9.17) is 20.4 Å². The second kappa shape index (κ2) is 9.70. The molecule has 0 radical (unpaired) electrons. The number of aliphatic hydroxyl groups excluding tert-OH is 1. The van der Waals surface area contributed by atoms with Gasteiger partial charge < -0.3 is 9.84 Å². The van der Waals surface area contributed by atoms with Crippen LogP contribution in [-0.2, 0) is 9.53 Å². The van der Waals surface area contributed by atoms with Crippen molar-refractivity contribution in [3.63, 3.8) is 0 Å². The number of carbonyl (C=O) groups is 1.